The zero-order chi connectivity index (χ0) is 101. The van der Waals surface area contributed by atoms with Gasteiger partial charge in [0.15, 0.2) is 26.7 Å². The third-order valence-corrected chi connectivity index (χ3v) is 64.7. The second-order valence-electron chi connectivity index (χ2n) is 43.0. The number of amides is 1. The Morgan fingerprint density at radius 3 is 1.17 bits per heavy atom. The summed E-state index contributed by atoms with van der Waals surface area (Å²) in [4.78, 5) is 72.1. The number of halogens is 3. The standard InChI is InChI=1S/C32H86O12Si11.C18H26F3NO5S.C14H28O2.C12H16O3.C11H22O4.Na/c1-27-32(2,3)31(33)34-29-28-30-46(7,8)36-48(11,12)38-50(15,16)40-52(19,20)42-54(23,24)44-55(25,26)43-53(21,22)41-51(17,18)39-49(13,14)37-47(9,10)35-45(4,5)6;1-4-15(2,3)14(24)27-17-8-11-5-12(9-17)7-16(6-11,10-17)13(23)22-28(25,26)18(19,20)21;1-4-6-7-8-9-10-11-12-16-14(15)13(3)5-2;1-4-12(2,3)11(14)15-10-7-5-9(13)6-8-10;1-5-11(2,3)10(12)15-9-8-14-7-6-13-4;/h27-30H2,1-26H3;11-12H,4-10H2,1-3H3,(H,22,23);13H,4-12H2,1-3H3;5-8,13H,4H2,1-3H3;5-9H2,1-4H3;/q;;;;;+1/p-1. The van der Waals surface area contributed by atoms with Gasteiger partial charge in [-0.25, -0.2) is 8.42 Å². The molecule has 27 nitrogen and oxygen atoms in total. The van der Waals surface area contributed by atoms with Crippen molar-refractivity contribution in [1.29, 1.82) is 0 Å². The number of hydrogen-bond donors (Lipinski definition) is 1. The van der Waals surface area contributed by atoms with Crippen LogP contribution in [0.5, 0.6) is 11.5 Å². The number of carbonyl (C=O) groups excluding carboxylic acids is 6. The minimum Gasteiger partial charge on any atom is -0.538 e. The van der Waals surface area contributed by atoms with Gasteiger partial charge in [-0.1, -0.05) is 87.0 Å². The Morgan fingerprint density at radius 2 is 0.800 bits per heavy atom. The third-order valence-electron chi connectivity index (χ3n) is 22.1. The van der Waals surface area contributed by atoms with E-state index >= 15 is 0 Å². The number of phenols is 1. The first-order chi connectivity index (χ1) is 58.1. The largest absolute Gasteiger partial charge is 1.00 e. The zero-order valence-corrected chi connectivity index (χ0v) is 102. The van der Waals surface area contributed by atoms with Gasteiger partial charge in [0.2, 0.25) is 0 Å². The van der Waals surface area contributed by atoms with Crippen molar-refractivity contribution in [2.45, 2.75) is 394 Å². The molecule has 0 aliphatic heterocycles. The SMILES string of the molecule is CCC(C)(C)C(=O)OC12CC3CC(C1)CC(C(=O)[N-]S(=O)(=O)C(F)(F)F)(C3)C2.CCC(C)(C)C(=O)OCCC[Si](C)(C)O[Si](C)(C)O[Si](C)(C)O[Si](C)(C)O[Si](C)(C)O[Si](C)(C)O[Si](C)(C)O[Si](C)(C)O[Si](C)(C)O[Si](C)(C)O[Si](C)(C)C.CCC(C)(C)C(=O)OCCOCCOC.CCC(C)(C)C(=O)Oc1ccc(O)cc1.CCCCCCCCCOC(=O)C(C)CC.[Na+]. The summed E-state index contributed by atoms with van der Waals surface area (Å²) < 4.78 is 168. The van der Waals surface area contributed by atoms with E-state index in [9.17, 15) is 50.4 Å². The van der Waals surface area contributed by atoms with Crippen molar-refractivity contribution in [2.24, 2.45) is 44.8 Å². The number of methoxy groups -OCH3 is 1. The van der Waals surface area contributed by atoms with E-state index in [2.05, 4.69) is 162 Å². The molecule has 4 aliphatic rings. The quantitative estimate of drug-likeness (QED) is 0.0208. The number of sulfonamides is 1. The fourth-order valence-electron chi connectivity index (χ4n) is 15.9. The molecular formula is C87H177F3NNaO26SSi11. The molecule has 0 aromatic heterocycles. The van der Waals surface area contributed by atoms with Crippen LogP contribution in [-0.2, 0) is 108 Å². The number of esters is 5. The monoisotopic (exact) mass is 2070 g/mol. The smallest absolute Gasteiger partial charge is 0.538 e. The molecule has 1 N–H and O–H groups in total. The van der Waals surface area contributed by atoms with Crippen molar-refractivity contribution >= 4 is 139 Å². The fraction of sp³-hybridized carbons (Fsp3) is 0.862. The van der Waals surface area contributed by atoms with Gasteiger partial charge < -0.3 is 88.9 Å². The molecular weight excluding hydrogens is 1900 g/mol. The van der Waals surface area contributed by atoms with Crippen molar-refractivity contribution in [2.75, 3.05) is 46.8 Å². The zero-order valence-electron chi connectivity index (χ0n) is 88.1. The first-order valence-electron chi connectivity index (χ1n) is 46.5. The van der Waals surface area contributed by atoms with Gasteiger partial charge in [-0.3, -0.25) is 24.0 Å². The molecule has 0 radical (unpaired) electrons. The Balaban J connectivity index is 0. The molecule has 1 aromatic rings. The van der Waals surface area contributed by atoms with E-state index < -0.39 is 154 Å². The number of benzene rings is 1. The van der Waals surface area contributed by atoms with Crippen LogP contribution in [0, 0.1) is 44.8 Å². The maximum Gasteiger partial charge on any atom is 1.00 e. The summed E-state index contributed by atoms with van der Waals surface area (Å²) >= 11 is 0. The van der Waals surface area contributed by atoms with Gasteiger partial charge in [0.05, 0.1) is 66.5 Å². The fourth-order valence-corrected chi connectivity index (χ4v) is 71.8. The molecule has 758 valence electrons. The van der Waals surface area contributed by atoms with Crippen LogP contribution < -0.4 is 34.3 Å². The van der Waals surface area contributed by atoms with Gasteiger partial charge in [0, 0.05) is 12.5 Å². The Morgan fingerprint density at radius 1 is 0.454 bits per heavy atom. The van der Waals surface area contributed by atoms with Crippen LogP contribution in [0.15, 0.2) is 24.3 Å². The summed E-state index contributed by atoms with van der Waals surface area (Å²) in [6.07, 6.45) is 15.8. The molecule has 0 saturated heterocycles. The van der Waals surface area contributed by atoms with Crippen LogP contribution in [0.2, 0.25) is 157 Å². The maximum atomic E-state index is 12.7. The van der Waals surface area contributed by atoms with Crippen molar-refractivity contribution < 1.29 is 159 Å². The minimum atomic E-state index is -5.89. The van der Waals surface area contributed by atoms with Crippen LogP contribution in [0.1, 0.15) is 226 Å². The maximum absolute atomic E-state index is 12.7. The van der Waals surface area contributed by atoms with Crippen LogP contribution in [0.4, 0.5) is 13.2 Å². The summed E-state index contributed by atoms with van der Waals surface area (Å²) in [5.74, 6) is -1.57. The molecule has 0 spiro atoms. The second kappa shape index (κ2) is 54.5. The van der Waals surface area contributed by atoms with Gasteiger partial charge in [0.1, 0.15) is 23.7 Å². The molecule has 4 fully saturated rings. The normalized spacial score (nSPS) is 18.2. The van der Waals surface area contributed by atoms with E-state index in [4.69, 9.17) is 79.4 Å². The molecule has 3 unspecified atom stereocenters. The predicted octanol–water partition coefficient (Wildman–Crippen LogP) is 20.6. The number of hydrogen-bond acceptors (Lipinski definition) is 26. The van der Waals surface area contributed by atoms with Crippen LogP contribution >= 0.6 is 0 Å². The molecule has 4 saturated carbocycles. The number of carbonyl (C=O) groups is 6. The number of alkyl halides is 3. The molecule has 4 aliphatic carbocycles. The average Bonchev–Trinajstić information content (AvgIpc) is 0.711. The van der Waals surface area contributed by atoms with Crippen molar-refractivity contribution in [3.05, 3.63) is 29.0 Å². The molecule has 0 heterocycles. The van der Waals surface area contributed by atoms with E-state index in [0.717, 1.165) is 51.0 Å². The van der Waals surface area contributed by atoms with Crippen molar-refractivity contribution in [1.82, 2.24) is 0 Å². The Hall–Kier alpha value is -1.51. The molecule has 1 aromatic carbocycles. The Kier molecular flexibility index (Phi) is 54.7. The predicted molar refractivity (Wildman–Crippen MR) is 531 cm³/mol. The van der Waals surface area contributed by atoms with E-state index in [1.54, 1.807) is 33.1 Å². The van der Waals surface area contributed by atoms with Crippen LogP contribution in [0.3, 0.4) is 0 Å². The first kappa shape index (κ1) is 131. The summed E-state index contributed by atoms with van der Waals surface area (Å²) in [6.45, 7) is 79.9. The second-order valence-corrected chi connectivity index (χ2v) is 86.2. The van der Waals surface area contributed by atoms with Gasteiger partial charge >= 0.3 is 142 Å². The van der Waals surface area contributed by atoms with Gasteiger partial charge in [0.25, 0.3) is 0 Å². The summed E-state index contributed by atoms with van der Waals surface area (Å²) in [5, 5.41) is 9.06. The summed E-state index contributed by atoms with van der Waals surface area (Å²) in [6, 6.07) is 6.98. The van der Waals surface area contributed by atoms with E-state index in [1.807, 2.05) is 83.1 Å². The molecule has 5 rings (SSSR count). The average molecular weight is 2070 g/mol. The van der Waals surface area contributed by atoms with Crippen molar-refractivity contribution in [3.63, 3.8) is 0 Å². The number of unbranched alkanes of at least 4 members (excludes halogenated alkanes) is 6. The Labute approximate surface area is 818 Å². The van der Waals surface area contributed by atoms with Gasteiger partial charge in [-0.05, 0) is 332 Å². The van der Waals surface area contributed by atoms with E-state index in [1.165, 1.54) is 50.7 Å². The van der Waals surface area contributed by atoms with Crippen LogP contribution in [-0.4, -0.2) is 201 Å². The molecule has 1 amide bonds. The van der Waals surface area contributed by atoms with E-state index in [0.29, 0.717) is 64.7 Å². The number of aromatic hydroxyl groups is 1. The number of ether oxygens (including phenoxy) is 7. The van der Waals surface area contributed by atoms with Crippen molar-refractivity contribution in [3.8, 4) is 11.5 Å². The summed E-state index contributed by atoms with van der Waals surface area (Å²) in [5.41, 5.74) is -9.90. The number of nitrogens with zero attached hydrogens (tertiary/aromatic N) is 1. The topological polar surface area (TPSA) is 328 Å². The minimum absolute atomic E-state index is 0. The third kappa shape index (κ3) is 52.1. The molecule has 3 atom stereocenters. The first-order valence-corrected chi connectivity index (χ1v) is 79.8. The molecule has 130 heavy (non-hydrogen) atoms. The number of phenolic OH excluding ortho intramolecular Hbond substituents is 1. The van der Waals surface area contributed by atoms with E-state index in [-0.39, 0.29) is 96.2 Å². The summed E-state index contributed by atoms with van der Waals surface area (Å²) in [7, 11) is -31.9. The van der Waals surface area contributed by atoms with Gasteiger partial charge in [-0.15, -0.1) is 0 Å². The number of rotatable bonds is 52. The Bertz CT molecular complexity index is 3690. The van der Waals surface area contributed by atoms with Gasteiger partial charge in [-0.2, -0.15) is 13.2 Å². The molecule has 4 bridgehead atoms. The molecule has 43 heteroatoms. The van der Waals surface area contributed by atoms with Crippen LogP contribution in [0.25, 0.3) is 4.72 Å².